The number of benzene rings is 1. The van der Waals surface area contributed by atoms with Crippen LogP contribution in [0.1, 0.15) is 33.3 Å². The molecular formula is C20H17ClN2O4. The van der Waals surface area contributed by atoms with Crippen LogP contribution in [0.5, 0.6) is 0 Å². The Morgan fingerprint density at radius 3 is 2.85 bits per heavy atom. The van der Waals surface area contributed by atoms with E-state index in [1.807, 2.05) is 13.0 Å². The highest BCUT2D eigenvalue weighted by molar-refractivity contribution is 6.32. The first kappa shape index (κ1) is 17.7. The lowest BCUT2D eigenvalue weighted by Crippen LogP contribution is -2.32. The number of fused-ring (bicyclic) bond motifs is 2. The maximum atomic E-state index is 13.3. The van der Waals surface area contributed by atoms with E-state index in [1.54, 1.807) is 42.6 Å². The Balaban J connectivity index is 1.99. The van der Waals surface area contributed by atoms with Gasteiger partial charge >= 0.3 is 0 Å². The lowest BCUT2D eigenvalue weighted by Gasteiger charge is -2.24. The third kappa shape index (κ3) is 2.81. The molecule has 0 radical (unpaired) electrons. The van der Waals surface area contributed by atoms with Crippen molar-refractivity contribution in [2.24, 2.45) is 0 Å². The zero-order chi connectivity index (χ0) is 19.1. The first-order valence-electron chi connectivity index (χ1n) is 8.49. The van der Waals surface area contributed by atoms with Crippen LogP contribution in [-0.2, 0) is 4.74 Å². The Morgan fingerprint density at radius 1 is 1.33 bits per heavy atom. The molecule has 0 bridgehead atoms. The summed E-state index contributed by atoms with van der Waals surface area (Å²) in [7, 11) is 1.56. The molecule has 27 heavy (non-hydrogen) atoms. The number of halogens is 1. The molecule has 0 saturated heterocycles. The van der Waals surface area contributed by atoms with Gasteiger partial charge in [0.05, 0.1) is 23.6 Å². The summed E-state index contributed by atoms with van der Waals surface area (Å²) in [5.41, 5.74) is 1.93. The average Bonchev–Trinajstić information content (AvgIpc) is 2.95. The first-order valence-corrected chi connectivity index (χ1v) is 8.87. The molecular weight excluding hydrogens is 368 g/mol. The molecule has 2 aromatic heterocycles. The van der Waals surface area contributed by atoms with E-state index in [1.165, 1.54) is 0 Å². The van der Waals surface area contributed by atoms with Crippen molar-refractivity contribution in [1.29, 1.82) is 0 Å². The van der Waals surface area contributed by atoms with Crippen molar-refractivity contribution in [2.45, 2.75) is 13.0 Å². The zero-order valence-corrected chi connectivity index (χ0v) is 15.6. The van der Waals surface area contributed by atoms with Gasteiger partial charge in [-0.05, 0) is 36.2 Å². The summed E-state index contributed by atoms with van der Waals surface area (Å²) < 4.78 is 11.0. The van der Waals surface area contributed by atoms with Crippen LogP contribution in [0, 0.1) is 6.92 Å². The number of amides is 1. The van der Waals surface area contributed by atoms with Crippen LogP contribution in [0.4, 0.5) is 0 Å². The molecule has 1 unspecified atom stereocenters. The van der Waals surface area contributed by atoms with E-state index < -0.39 is 6.04 Å². The van der Waals surface area contributed by atoms with Crippen molar-refractivity contribution in [1.82, 2.24) is 9.88 Å². The van der Waals surface area contributed by atoms with Gasteiger partial charge in [-0.25, -0.2) is 0 Å². The summed E-state index contributed by atoms with van der Waals surface area (Å²) in [5, 5.41) is 0.841. The van der Waals surface area contributed by atoms with Crippen LogP contribution < -0.4 is 5.43 Å². The minimum atomic E-state index is -0.572. The summed E-state index contributed by atoms with van der Waals surface area (Å²) in [6.45, 7) is 2.49. The van der Waals surface area contributed by atoms with Crippen molar-refractivity contribution in [3.63, 3.8) is 0 Å². The second-order valence-corrected chi connectivity index (χ2v) is 6.86. The molecule has 3 heterocycles. The highest BCUT2D eigenvalue weighted by atomic mass is 35.5. The number of nitrogens with zero attached hydrogens (tertiary/aromatic N) is 2. The van der Waals surface area contributed by atoms with E-state index in [-0.39, 0.29) is 17.1 Å². The summed E-state index contributed by atoms with van der Waals surface area (Å²) in [4.78, 5) is 32.0. The molecule has 7 heteroatoms. The summed E-state index contributed by atoms with van der Waals surface area (Å²) in [5.74, 6) is -0.262. The van der Waals surface area contributed by atoms with E-state index in [4.69, 9.17) is 20.8 Å². The third-order valence-corrected chi connectivity index (χ3v) is 5.19. The van der Waals surface area contributed by atoms with Crippen LogP contribution in [-0.4, -0.2) is 36.1 Å². The molecule has 0 spiro atoms. The Kier molecular flexibility index (Phi) is 4.45. The Bertz CT molecular complexity index is 1090. The summed E-state index contributed by atoms with van der Waals surface area (Å²) >= 11 is 6.21. The molecule has 6 nitrogen and oxygen atoms in total. The molecule has 138 valence electrons. The quantitative estimate of drug-likeness (QED) is 0.689. The largest absolute Gasteiger partial charge is 0.450 e. The summed E-state index contributed by atoms with van der Waals surface area (Å²) in [6, 6.07) is 6.32. The predicted octanol–water partition coefficient (Wildman–Crippen LogP) is 3.34. The van der Waals surface area contributed by atoms with Crippen LogP contribution >= 0.6 is 11.6 Å². The number of rotatable bonds is 4. The lowest BCUT2D eigenvalue weighted by atomic mass is 9.99. The smallest absolute Gasteiger partial charge is 0.290 e. The topological polar surface area (TPSA) is 72.6 Å². The van der Waals surface area contributed by atoms with Gasteiger partial charge in [0.25, 0.3) is 5.91 Å². The van der Waals surface area contributed by atoms with Gasteiger partial charge < -0.3 is 14.1 Å². The molecule has 1 atom stereocenters. The van der Waals surface area contributed by atoms with E-state index in [2.05, 4.69) is 4.98 Å². The second-order valence-electron chi connectivity index (χ2n) is 6.45. The van der Waals surface area contributed by atoms with Gasteiger partial charge in [0, 0.05) is 31.1 Å². The lowest BCUT2D eigenvalue weighted by molar-refractivity contribution is 0.0663. The minimum absolute atomic E-state index is 0.0687. The number of carbonyl (C=O) groups excluding carboxylic acids is 1. The van der Waals surface area contributed by atoms with Crippen LogP contribution in [0.15, 0.2) is 45.9 Å². The van der Waals surface area contributed by atoms with Gasteiger partial charge in [-0.2, -0.15) is 0 Å². The highest BCUT2D eigenvalue weighted by Gasteiger charge is 2.42. The molecule has 0 fully saturated rings. The van der Waals surface area contributed by atoms with E-state index in [9.17, 15) is 9.59 Å². The van der Waals surface area contributed by atoms with Crippen molar-refractivity contribution in [3.8, 4) is 0 Å². The molecule has 0 N–H and O–H groups in total. The van der Waals surface area contributed by atoms with Gasteiger partial charge in [-0.15, -0.1) is 0 Å². The van der Waals surface area contributed by atoms with Crippen molar-refractivity contribution in [2.75, 3.05) is 20.3 Å². The Morgan fingerprint density at radius 2 is 2.15 bits per heavy atom. The standard InChI is InChI=1S/C20H17ClN2O4/c1-11-8-15-13(9-14(11)21)18(24)16-17(12-4-3-5-22-10-12)23(6-7-26-2)20(25)19(16)27-15/h3-5,8-10,17H,6-7H2,1-2H3. The van der Waals surface area contributed by atoms with Crippen LogP contribution in [0.3, 0.4) is 0 Å². The molecule has 4 rings (SSSR count). The fourth-order valence-electron chi connectivity index (χ4n) is 3.45. The van der Waals surface area contributed by atoms with Crippen molar-refractivity contribution >= 4 is 28.5 Å². The molecule has 3 aromatic rings. The fourth-order valence-corrected chi connectivity index (χ4v) is 3.61. The van der Waals surface area contributed by atoms with Crippen molar-refractivity contribution in [3.05, 3.63) is 74.4 Å². The number of ether oxygens (including phenoxy) is 1. The molecule has 1 aliphatic rings. The SMILES string of the molecule is COCCN1C(=O)c2oc3cc(C)c(Cl)cc3c(=O)c2C1c1cccnc1. The summed E-state index contributed by atoms with van der Waals surface area (Å²) in [6.07, 6.45) is 3.30. The molecule has 1 aliphatic heterocycles. The number of aryl methyl sites for hydroxylation is 1. The van der Waals surface area contributed by atoms with Gasteiger partial charge in [0.15, 0.2) is 5.43 Å². The number of aromatic nitrogens is 1. The molecule has 0 saturated carbocycles. The van der Waals surface area contributed by atoms with Crippen LogP contribution in [0.2, 0.25) is 5.02 Å². The molecule has 1 amide bonds. The average molecular weight is 385 g/mol. The fraction of sp³-hybridized carbons (Fsp3) is 0.250. The maximum absolute atomic E-state index is 13.3. The Hall–Kier alpha value is -2.70. The number of pyridine rings is 1. The van der Waals surface area contributed by atoms with Gasteiger partial charge in [-0.1, -0.05) is 17.7 Å². The maximum Gasteiger partial charge on any atom is 0.290 e. The van der Waals surface area contributed by atoms with Crippen LogP contribution in [0.25, 0.3) is 11.0 Å². The Labute approximate surface area is 160 Å². The predicted molar refractivity (Wildman–Crippen MR) is 101 cm³/mol. The number of methoxy groups -OCH3 is 1. The second kappa shape index (κ2) is 6.79. The molecule has 1 aromatic carbocycles. The van der Waals surface area contributed by atoms with Gasteiger partial charge in [0.2, 0.25) is 5.76 Å². The monoisotopic (exact) mass is 384 g/mol. The third-order valence-electron chi connectivity index (χ3n) is 4.78. The van der Waals surface area contributed by atoms with Gasteiger partial charge in [0.1, 0.15) is 5.58 Å². The zero-order valence-electron chi connectivity index (χ0n) is 14.9. The first-order chi connectivity index (χ1) is 13.0. The van der Waals surface area contributed by atoms with E-state index in [0.29, 0.717) is 34.7 Å². The molecule has 0 aliphatic carbocycles. The van der Waals surface area contributed by atoms with E-state index >= 15 is 0 Å². The van der Waals surface area contributed by atoms with Crippen molar-refractivity contribution < 1.29 is 13.9 Å². The minimum Gasteiger partial charge on any atom is -0.450 e. The van der Waals surface area contributed by atoms with E-state index in [0.717, 1.165) is 11.1 Å². The highest BCUT2D eigenvalue weighted by Crippen LogP contribution is 2.38. The number of hydrogen-bond acceptors (Lipinski definition) is 5. The number of carbonyl (C=O) groups is 1. The normalized spacial score (nSPS) is 16.2. The van der Waals surface area contributed by atoms with Gasteiger partial charge in [-0.3, -0.25) is 14.6 Å². The number of hydrogen-bond donors (Lipinski definition) is 0.